The van der Waals surface area contributed by atoms with Gasteiger partial charge in [0.05, 0.1) is 7.11 Å². The lowest BCUT2D eigenvalue weighted by Crippen LogP contribution is -2.43. The van der Waals surface area contributed by atoms with E-state index in [9.17, 15) is 9.59 Å². The predicted molar refractivity (Wildman–Crippen MR) is 114 cm³/mol. The number of ether oxygens (including phenoxy) is 1. The first kappa shape index (κ1) is 20.7. The van der Waals surface area contributed by atoms with Crippen molar-refractivity contribution in [3.63, 3.8) is 0 Å². The van der Waals surface area contributed by atoms with Crippen LogP contribution < -0.4 is 0 Å². The standard InChI is InChI=1S/C22H24ClNO3S/c1-3-4-6-15-9-11-16(12-10-15)20(25)24-19(22(26)27-2)14-28-21(24)17-7-5-8-18(23)13-17/h5,7-13,19,21H,3-4,6,14H2,1-2H3. The molecule has 1 aliphatic heterocycles. The third-order valence-corrected chi connectivity index (χ3v) is 6.42. The molecule has 1 saturated heterocycles. The summed E-state index contributed by atoms with van der Waals surface area (Å²) >= 11 is 7.70. The summed E-state index contributed by atoms with van der Waals surface area (Å²) in [5, 5.41) is 0.322. The predicted octanol–water partition coefficient (Wildman–Crippen LogP) is 5.11. The molecule has 4 nitrogen and oxygen atoms in total. The van der Waals surface area contributed by atoms with Gasteiger partial charge in [-0.15, -0.1) is 11.8 Å². The lowest BCUT2D eigenvalue weighted by atomic mass is 10.0. The van der Waals surface area contributed by atoms with E-state index in [2.05, 4.69) is 6.92 Å². The van der Waals surface area contributed by atoms with Gasteiger partial charge in [-0.05, 0) is 48.2 Å². The monoisotopic (exact) mass is 417 g/mol. The van der Waals surface area contributed by atoms with Crippen molar-refractivity contribution < 1.29 is 14.3 Å². The number of carbonyl (C=O) groups excluding carboxylic acids is 2. The largest absolute Gasteiger partial charge is 0.467 e. The van der Waals surface area contributed by atoms with Crippen LogP contribution in [-0.2, 0) is 16.0 Å². The lowest BCUT2D eigenvalue weighted by molar-refractivity contribution is -0.145. The molecule has 2 atom stereocenters. The molecule has 3 rings (SSSR count). The minimum absolute atomic E-state index is 0.174. The van der Waals surface area contributed by atoms with Crippen LogP contribution in [-0.4, -0.2) is 35.7 Å². The lowest BCUT2D eigenvalue weighted by Gasteiger charge is -2.28. The van der Waals surface area contributed by atoms with Crippen molar-refractivity contribution in [3.05, 3.63) is 70.2 Å². The van der Waals surface area contributed by atoms with Gasteiger partial charge >= 0.3 is 5.97 Å². The number of amides is 1. The van der Waals surface area contributed by atoms with Crippen molar-refractivity contribution in [2.45, 2.75) is 37.6 Å². The van der Waals surface area contributed by atoms with Crippen LogP contribution in [0.2, 0.25) is 5.02 Å². The topological polar surface area (TPSA) is 46.6 Å². The smallest absolute Gasteiger partial charge is 0.329 e. The van der Waals surface area contributed by atoms with E-state index >= 15 is 0 Å². The number of hydrogen-bond acceptors (Lipinski definition) is 4. The molecule has 1 fully saturated rings. The average molecular weight is 418 g/mol. The van der Waals surface area contributed by atoms with E-state index in [1.54, 1.807) is 22.7 Å². The highest BCUT2D eigenvalue weighted by Crippen LogP contribution is 2.43. The van der Waals surface area contributed by atoms with Crippen LogP contribution in [0, 0.1) is 0 Å². The zero-order chi connectivity index (χ0) is 20.1. The Hall–Kier alpha value is -1.98. The maximum absolute atomic E-state index is 13.3. The van der Waals surface area contributed by atoms with Crippen LogP contribution in [0.25, 0.3) is 0 Å². The molecule has 0 N–H and O–H groups in total. The van der Waals surface area contributed by atoms with E-state index in [-0.39, 0.29) is 11.3 Å². The third-order valence-electron chi connectivity index (χ3n) is 4.86. The summed E-state index contributed by atoms with van der Waals surface area (Å²) in [5.41, 5.74) is 2.69. The maximum Gasteiger partial charge on any atom is 0.329 e. The number of esters is 1. The van der Waals surface area contributed by atoms with E-state index in [0.29, 0.717) is 16.3 Å². The Balaban J connectivity index is 1.90. The normalized spacial score (nSPS) is 18.9. The summed E-state index contributed by atoms with van der Waals surface area (Å²) < 4.78 is 4.95. The van der Waals surface area contributed by atoms with E-state index < -0.39 is 12.0 Å². The van der Waals surface area contributed by atoms with Gasteiger partial charge < -0.3 is 9.64 Å². The molecule has 0 spiro atoms. The van der Waals surface area contributed by atoms with Crippen molar-refractivity contribution in [3.8, 4) is 0 Å². The Morgan fingerprint density at radius 2 is 1.96 bits per heavy atom. The highest BCUT2D eigenvalue weighted by molar-refractivity contribution is 7.99. The van der Waals surface area contributed by atoms with Gasteiger partial charge in [-0.25, -0.2) is 4.79 Å². The first-order chi connectivity index (χ1) is 13.5. The minimum Gasteiger partial charge on any atom is -0.467 e. The van der Waals surface area contributed by atoms with Gasteiger partial charge in [-0.2, -0.15) is 0 Å². The fourth-order valence-corrected chi connectivity index (χ4v) is 4.94. The summed E-state index contributed by atoms with van der Waals surface area (Å²) in [6.07, 6.45) is 3.26. The van der Waals surface area contributed by atoms with Gasteiger partial charge in [0.1, 0.15) is 11.4 Å². The molecule has 1 heterocycles. The number of halogens is 1. The van der Waals surface area contributed by atoms with Gasteiger partial charge in [-0.1, -0.05) is 49.2 Å². The van der Waals surface area contributed by atoms with E-state index in [1.165, 1.54) is 12.7 Å². The molecule has 2 aromatic rings. The van der Waals surface area contributed by atoms with Crippen molar-refractivity contribution in [2.24, 2.45) is 0 Å². The van der Waals surface area contributed by atoms with Crippen LogP contribution in [0.15, 0.2) is 48.5 Å². The Kier molecular flexibility index (Phi) is 7.03. The number of hydrogen-bond donors (Lipinski definition) is 0. The summed E-state index contributed by atoms with van der Waals surface area (Å²) in [6, 6.07) is 14.5. The number of benzene rings is 2. The highest BCUT2D eigenvalue weighted by Gasteiger charge is 2.43. The fourth-order valence-electron chi connectivity index (χ4n) is 3.33. The molecule has 0 aliphatic carbocycles. The number of aryl methyl sites for hydroxylation is 1. The first-order valence-corrected chi connectivity index (χ1v) is 10.8. The summed E-state index contributed by atoms with van der Waals surface area (Å²) in [4.78, 5) is 27.3. The molecule has 2 aromatic carbocycles. The number of unbranched alkanes of at least 4 members (excludes halogenated alkanes) is 1. The molecule has 28 heavy (non-hydrogen) atoms. The van der Waals surface area contributed by atoms with Crippen LogP contribution >= 0.6 is 23.4 Å². The quantitative estimate of drug-likeness (QED) is 0.612. The number of carbonyl (C=O) groups is 2. The zero-order valence-electron chi connectivity index (χ0n) is 16.1. The molecule has 0 radical (unpaired) electrons. The van der Waals surface area contributed by atoms with Gasteiger partial charge in [0.25, 0.3) is 5.91 Å². The minimum atomic E-state index is -0.619. The van der Waals surface area contributed by atoms with Crippen LogP contribution in [0.4, 0.5) is 0 Å². The molecule has 148 valence electrons. The summed E-state index contributed by atoms with van der Waals surface area (Å²) in [5.74, 6) is -0.0816. The second kappa shape index (κ2) is 9.48. The van der Waals surface area contributed by atoms with Crippen LogP contribution in [0.3, 0.4) is 0 Å². The fraction of sp³-hybridized carbons (Fsp3) is 0.364. The number of rotatable bonds is 6. The van der Waals surface area contributed by atoms with Crippen molar-refractivity contribution >= 4 is 35.2 Å². The van der Waals surface area contributed by atoms with Gasteiger partial charge in [0, 0.05) is 16.3 Å². The second-order valence-corrected chi connectivity index (χ2v) is 8.34. The summed E-state index contributed by atoms with van der Waals surface area (Å²) in [6.45, 7) is 2.16. The third kappa shape index (κ3) is 4.53. The van der Waals surface area contributed by atoms with E-state index in [1.807, 2.05) is 42.5 Å². The molecule has 1 amide bonds. The van der Waals surface area contributed by atoms with Gasteiger partial charge in [-0.3, -0.25) is 4.79 Å². The number of nitrogens with zero attached hydrogens (tertiary/aromatic N) is 1. The van der Waals surface area contributed by atoms with E-state index in [4.69, 9.17) is 16.3 Å². The average Bonchev–Trinajstić information content (AvgIpc) is 3.16. The molecule has 1 aliphatic rings. The number of methoxy groups -OCH3 is 1. The molecule has 6 heteroatoms. The number of thioether (sulfide) groups is 1. The van der Waals surface area contributed by atoms with Crippen molar-refractivity contribution in [1.82, 2.24) is 4.90 Å². The molecule has 0 bridgehead atoms. The Morgan fingerprint density at radius 1 is 1.21 bits per heavy atom. The maximum atomic E-state index is 13.3. The molecule has 0 aromatic heterocycles. The van der Waals surface area contributed by atoms with Gasteiger partial charge in [0.15, 0.2) is 0 Å². The molecular weight excluding hydrogens is 394 g/mol. The Labute approximate surface area is 175 Å². The van der Waals surface area contributed by atoms with Crippen LogP contribution in [0.1, 0.15) is 46.6 Å². The molecular formula is C22H24ClNO3S. The van der Waals surface area contributed by atoms with Gasteiger partial charge in [0.2, 0.25) is 0 Å². The van der Waals surface area contributed by atoms with Crippen LogP contribution in [0.5, 0.6) is 0 Å². The van der Waals surface area contributed by atoms with Crippen molar-refractivity contribution in [1.29, 1.82) is 0 Å². The molecule has 0 saturated carbocycles. The SMILES string of the molecule is CCCCc1ccc(C(=O)N2C(C(=O)OC)CSC2c2cccc(Cl)c2)cc1. The Morgan fingerprint density at radius 3 is 2.61 bits per heavy atom. The summed E-state index contributed by atoms with van der Waals surface area (Å²) in [7, 11) is 1.35. The van der Waals surface area contributed by atoms with E-state index in [0.717, 1.165) is 24.8 Å². The Bertz CT molecular complexity index is 840. The first-order valence-electron chi connectivity index (χ1n) is 9.41. The second-order valence-electron chi connectivity index (χ2n) is 6.79. The van der Waals surface area contributed by atoms with Crippen molar-refractivity contribution in [2.75, 3.05) is 12.9 Å². The highest BCUT2D eigenvalue weighted by atomic mass is 35.5. The molecule has 2 unspecified atom stereocenters. The zero-order valence-corrected chi connectivity index (χ0v) is 17.6.